The zero-order valence-corrected chi connectivity index (χ0v) is 14.6. The Hall–Kier alpha value is -0.813. The first kappa shape index (κ1) is 14.6. The molecule has 0 bridgehead atoms. The Morgan fingerprint density at radius 1 is 1.42 bits per heavy atom. The molecular formula is C14H19BrN2OSi. The first-order valence-electron chi connectivity index (χ1n) is 6.34. The summed E-state index contributed by atoms with van der Waals surface area (Å²) in [5.74, 6) is 1.31. The molecule has 102 valence electrons. The molecule has 0 aliphatic carbocycles. The van der Waals surface area contributed by atoms with Crippen LogP contribution in [0.3, 0.4) is 0 Å². The molecule has 0 saturated heterocycles. The number of ether oxygens (including phenoxy) is 1. The largest absolute Gasteiger partial charge is 0.480 e. The molecule has 2 aromatic rings. The average Bonchev–Trinajstić information content (AvgIpc) is 2.65. The molecule has 0 N–H and O–H groups in total. The van der Waals surface area contributed by atoms with Crippen molar-refractivity contribution in [1.82, 2.24) is 9.22 Å². The van der Waals surface area contributed by atoms with Gasteiger partial charge < -0.3 is 8.97 Å². The van der Waals surface area contributed by atoms with Gasteiger partial charge >= 0.3 is 0 Å². The Labute approximate surface area is 125 Å². The number of aromatic nitrogens is 2. The molecule has 2 aromatic heterocycles. The summed E-state index contributed by atoms with van der Waals surface area (Å²) in [6, 6.07) is 2.02. The molecule has 0 saturated carbocycles. The fourth-order valence-electron chi connectivity index (χ4n) is 1.78. The predicted octanol–water partition coefficient (Wildman–Crippen LogP) is 4.13. The van der Waals surface area contributed by atoms with Gasteiger partial charge in [-0.3, -0.25) is 0 Å². The molecule has 2 radical (unpaired) electrons. The number of fused-ring (bicyclic) bond motifs is 1. The number of methoxy groups -OCH3 is 1. The topological polar surface area (TPSA) is 27.1 Å². The summed E-state index contributed by atoms with van der Waals surface area (Å²) in [6.45, 7) is 9.14. The number of nitrogens with zero attached hydrogens (tertiary/aromatic N) is 2. The Bertz CT molecular complexity index is 592. The van der Waals surface area contributed by atoms with Crippen LogP contribution in [0.2, 0.25) is 5.04 Å². The van der Waals surface area contributed by atoms with Crippen molar-refractivity contribution in [3.05, 3.63) is 22.9 Å². The molecule has 2 heterocycles. The lowest BCUT2D eigenvalue weighted by Crippen LogP contribution is -2.25. The van der Waals surface area contributed by atoms with Crippen LogP contribution in [0.5, 0.6) is 5.88 Å². The van der Waals surface area contributed by atoms with Crippen LogP contribution in [0.25, 0.3) is 10.9 Å². The molecule has 0 aromatic carbocycles. The fourth-order valence-corrected chi connectivity index (χ4v) is 3.90. The number of rotatable bonds is 4. The number of pyridine rings is 1. The molecule has 5 heteroatoms. The number of halogens is 1. The molecule has 0 spiro atoms. The Morgan fingerprint density at radius 2 is 2.11 bits per heavy atom. The molecule has 0 aliphatic rings. The van der Waals surface area contributed by atoms with Gasteiger partial charge in [-0.05, 0) is 33.0 Å². The van der Waals surface area contributed by atoms with Crippen LogP contribution >= 0.6 is 15.9 Å². The minimum absolute atomic E-state index is 0.242. The van der Waals surface area contributed by atoms with Crippen molar-refractivity contribution in [2.24, 2.45) is 5.92 Å². The van der Waals surface area contributed by atoms with Crippen LogP contribution in [0, 0.1) is 5.92 Å². The van der Waals surface area contributed by atoms with Crippen molar-refractivity contribution in [3.8, 4) is 5.88 Å². The van der Waals surface area contributed by atoms with Crippen LogP contribution in [0.1, 0.15) is 27.7 Å². The maximum Gasteiger partial charge on any atom is 0.237 e. The van der Waals surface area contributed by atoms with Crippen molar-refractivity contribution in [1.29, 1.82) is 0 Å². The summed E-state index contributed by atoms with van der Waals surface area (Å²) in [5.41, 5.74) is 1.07. The summed E-state index contributed by atoms with van der Waals surface area (Å²) < 4.78 is 8.77. The van der Waals surface area contributed by atoms with Gasteiger partial charge in [0.15, 0.2) is 9.68 Å². The highest BCUT2D eigenvalue weighted by atomic mass is 79.9. The predicted molar refractivity (Wildman–Crippen MR) is 84.0 cm³/mol. The van der Waals surface area contributed by atoms with E-state index in [1.165, 1.54) is 0 Å². The van der Waals surface area contributed by atoms with Crippen molar-refractivity contribution < 1.29 is 4.74 Å². The number of hydrogen-bond donors (Lipinski definition) is 0. The van der Waals surface area contributed by atoms with E-state index >= 15 is 0 Å². The summed E-state index contributed by atoms with van der Waals surface area (Å²) in [7, 11) is 2.32. The van der Waals surface area contributed by atoms with Gasteiger partial charge in [0, 0.05) is 22.3 Å². The molecule has 3 nitrogen and oxygen atoms in total. The first-order chi connectivity index (χ1) is 8.86. The van der Waals surface area contributed by atoms with Gasteiger partial charge in [0.05, 0.1) is 7.11 Å². The standard InChI is InChI=1S/C14H19BrN2OSi/c1-9(2)14(3,4)19-17-8-11(15)10-6-7-16-13(18-5)12(10)17/h6-9H,1-5H3. The van der Waals surface area contributed by atoms with E-state index in [-0.39, 0.29) is 5.04 Å². The SMILES string of the molecule is COc1nccc2c(Br)cn([Si]C(C)(C)C(C)C)c12. The third-order valence-corrected chi connectivity index (χ3v) is 6.06. The van der Waals surface area contributed by atoms with E-state index in [2.05, 4.69) is 59.0 Å². The van der Waals surface area contributed by atoms with Crippen LogP contribution < -0.4 is 4.74 Å². The van der Waals surface area contributed by atoms with Gasteiger partial charge in [-0.15, -0.1) is 0 Å². The maximum atomic E-state index is 5.41. The summed E-state index contributed by atoms with van der Waals surface area (Å²) >= 11 is 3.63. The van der Waals surface area contributed by atoms with Crippen LogP contribution in [0.15, 0.2) is 22.9 Å². The second-order valence-corrected chi connectivity index (χ2v) is 8.40. The summed E-state index contributed by atoms with van der Waals surface area (Å²) in [5, 5.41) is 1.39. The quantitative estimate of drug-likeness (QED) is 0.783. The van der Waals surface area contributed by atoms with Crippen molar-refractivity contribution >= 4 is 36.5 Å². The lowest BCUT2D eigenvalue weighted by Gasteiger charge is -2.28. The van der Waals surface area contributed by atoms with E-state index in [0.717, 1.165) is 15.4 Å². The van der Waals surface area contributed by atoms with E-state index in [1.807, 2.05) is 6.07 Å². The molecule has 19 heavy (non-hydrogen) atoms. The zero-order chi connectivity index (χ0) is 14.2. The smallest absolute Gasteiger partial charge is 0.237 e. The minimum atomic E-state index is 0.242. The Kier molecular flexibility index (Phi) is 4.06. The van der Waals surface area contributed by atoms with E-state index in [1.54, 1.807) is 13.3 Å². The van der Waals surface area contributed by atoms with Crippen molar-refractivity contribution in [2.75, 3.05) is 7.11 Å². The van der Waals surface area contributed by atoms with E-state index < -0.39 is 0 Å². The van der Waals surface area contributed by atoms with E-state index in [4.69, 9.17) is 4.74 Å². The average molecular weight is 339 g/mol. The lowest BCUT2D eigenvalue weighted by molar-refractivity contribution is 0.402. The molecule has 0 aliphatic heterocycles. The maximum absolute atomic E-state index is 5.41. The monoisotopic (exact) mass is 338 g/mol. The molecule has 2 rings (SSSR count). The van der Waals surface area contributed by atoms with Crippen LogP contribution in [-0.2, 0) is 0 Å². The second kappa shape index (κ2) is 5.29. The zero-order valence-electron chi connectivity index (χ0n) is 12.0. The summed E-state index contributed by atoms with van der Waals surface area (Å²) in [6.07, 6.45) is 3.92. The molecule has 0 unspecified atom stereocenters. The van der Waals surface area contributed by atoms with Crippen LogP contribution in [-0.4, -0.2) is 26.0 Å². The molecule has 0 amide bonds. The van der Waals surface area contributed by atoms with E-state index in [0.29, 0.717) is 21.5 Å². The molecule has 0 atom stereocenters. The summed E-state index contributed by atoms with van der Waals surface area (Å²) in [4.78, 5) is 4.31. The highest BCUT2D eigenvalue weighted by molar-refractivity contribution is 9.10. The first-order valence-corrected chi connectivity index (χ1v) is 8.08. The molecule has 0 fully saturated rings. The number of hydrogen-bond acceptors (Lipinski definition) is 2. The highest BCUT2D eigenvalue weighted by Gasteiger charge is 2.26. The van der Waals surface area contributed by atoms with Gasteiger partial charge in [-0.2, -0.15) is 0 Å². The lowest BCUT2D eigenvalue weighted by atomic mass is 9.99. The Balaban J connectivity index is 2.55. The fraction of sp³-hybridized carbons (Fsp3) is 0.500. The van der Waals surface area contributed by atoms with Crippen molar-refractivity contribution in [3.63, 3.8) is 0 Å². The van der Waals surface area contributed by atoms with Gasteiger partial charge in [0.2, 0.25) is 5.88 Å². The second-order valence-electron chi connectivity index (χ2n) is 5.55. The van der Waals surface area contributed by atoms with Gasteiger partial charge in [-0.1, -0.05) is 27.7 Å². The van der Waals surface area contributed by atoms with Gasteiger partial charge in [-0.25, -0.2) is 4.98 Å². The highest BCUT2D eigenvalue weighted by Crippen LogP contribution is 2.37. The van der Waals surface area contributed by atoms with Gasteiger partial charge in [0.1, 0.15) is 5.52 Å². The minimum Gasteiger partial charge on any atom is -0.480 e. The van der Waals surface area contributed by atoms with E-state index in [9.17, 15) is 0 Å². The molecular weight excluding hydrogens is 320 g/mol. The normalized spacial score (nSPS) is 12.4. The van der Waals surface area contributed by atoms with Crippen molar-refractivity contribution in [2.45, 2.75) is 32.7 Å². The van der Waals surface area contributed by atoms with Gasteiger partial charge in [0.25, 0.3) is 0 Å². The van der Waals surface area contributed by atoms with Crippen LogP contribution in [0.4, 0.5) is 0 Å². The Morgan fingerprint density at radius 3 is 2.68 bits per heavy atom. The third-order valence-electron chi connectivity index (χ3n) is 3.68. The third kappa shape index (κ3) is 2.72.